The summed E-state index contributed by atoms with van der Waals surface area (Å²) in [5.41, 5.74) is 1.38. The van der Waals surface area contributed by atoms with Crippen LogP contribution in [0, 0.1) is 17.3 Å². The third-order valence-electron chi connectivity index (χ3n) is 7.14. The number of alkyl carbamates (subject to hydrolysis) is 1. The second-order valence-corrected chi connectivity index (χ2v) is 9.43. The second kappa shape index (κ2) is 10.2. The minimum Gasteiger partial charge on any atom is -0.445 e. The number of benzene rings is 1. The zero-order valence-electron chi connectivity index (χ0n) is 19.7. The highest BCUT2D eigenvalue weighted by atomic mass is 16.5. The molecule has 34 heavy (non-hydrogen) atoms. The molecule has 0 radical (unpaired) electrons. The van der Waals surface area contributed by atoms with Crippen molar-refractivity contribution >= 4 is 17.9 Å². The maximum atomic E-state index is 13.2. The van der Waals surface area contributed by atoms with Gasteiger partial charge in [-0.25, -0.2) is 4.79 Å². The average molecular weight is 465 g/mol. The van der Waals surface area contributed by atoms with Gasteiger partial charge in [-0.15, -0.1) is 0 Å². The maximum absolute atomic E-state index is 13.2. The van der Waals surface area contributed by atoms with Crippen molar-refractivity contribution in [2.24, 2.45) is 17.3 Å². The zero-order chi connectivity index (χ0) is 24.1. The number of nitrogens with one attached hydrogen (secondary N) is 2. The molecule has 4 atom stereocenters. The molecule has 2 fully saturated rings. The monoisotopic (exact) mass is 464 g/mol. The van der Waals surface area contributed by atoms with E-state index in [9.17, 15) is 14.4 Å². The quantitative estimate of drug-likeness (QED) is 0.625. The highest BCUT2D eigenvalue weighted by Crippen LogP contribution is 2.52. The van der Waals surface area contributed by atoms with E-state index in [0.29, 0.717) is 13.1 Å². The molecule has 1 saturated heterocycles. The maximum Gasteiger partial charge on any atom is 0.407 e. The number of hydrogen-bond acceptors (Lipinski definition) is 5. The van der Waals surface area contributed by atoms with Gasteiger partial charge in [-0.1, -0.05) is 37.3 Å². The third-order valence-corrected chi connectivity index (χ3v) is 7.14. The molecule has 0 spiro atoms. The van der Waals surface area contributed by atoms with Gasteiger partial charge in [-0.05, 0) is 48.9 Å². The Morgan fingerprint density at radius 1 is 1.15 bits per heavy atom. The molecule has 2 heterocycles. The summed E-state index contributed by atoms with van der Waals surface area (Å²) in [7, 11) is 0. The molecular weight excluding hydrogens is 432 g/mol. The van der Waals surface area contributed by atoms with Crippen LogP contribution in [0.4, 0.5) is 4.79 Å². The number of ether oxygens (including phenoxy) is 1. The van der Waals surface area contributed by atoms with Gasteiger partial charge in [0.25, 0.3) is 0 Å². The first-order chi connectivity index (χ1) is 16.4. The van der Waals surface area contributed by atoms with Crippen LogP contribution in [0.3, 0.4) is 0 Å². The standard InChI is InChI=1S/C26H32N4O4/c1-18(14-28-25(33)34-16-20-6-4-3-5-7-20)23(31)30-15-22-8-11-26(22,17-30)24(32)29-19(2)21-9-12-27-13-10-21/h3-7,9-10,12-13,18-19,22H,8,11,14-17H2,1-2H3,(H,28,33)(H,29,32)/t18-,19+,22-,26+/m1/s1. The number of pyridine rings is 1. The van der Waals surface area contributed by atoms with Crippen molar-refractivity contribution in [3.05, 3.63) is 66.0 Å². The predicted molar refractivity (Wildman–Crippen MR) is 126 cm³/mol. The molecule has 1 aromatic carbocycles. The van der Waals surface area contributed by atoms with Gasteiger partial charge in [0.2, 0.25) is 11.8 Å². The fourth-order valence-electron chi connectivity index (χ4n) is 4.87. The topological polar surface area (TPSA) is 101 Å². The van der Waals surface area contributed by atoms with Crippen LogP contribution in [0.15, 0.2) is 54.9 Å². The number of hydrogen-bond donors (Lipinski definition) is 2. The summed E-state index contributed by atoms with van der Waals surface area (Å²) in [5, 5.41) is 5.82. The van der Waals surface area contributed by atoms with E-state index < -0.39 is 17.4 Å². The summed E-state index contributed by atoms with van der Waals surface area (Å²) < 4.78 is 5.22. The Balaban J connectivity index is 1.26. The lowest BCUT2D eigenvalue weighted by molar-refractivity contribution is -0.139. The summed E-state index contributed by atoms with van der Waals surface area (Å²) in [6, 6.07) is 13.1. The van der Waals surface area contributed by atoms with Crippen molar-refractivity contribution in [2.45, 2.75) is 39.3 Å². The van der Waals surface area contributed by atoms with E-state index in [2.05, 4.69) is 15.6 Å². The second-order valence-electron chi connectivity index (χ2n) is 9.43. The minimum absolute atomic E-state index is 0.0126. The number of rotatable bonds is 8. The molecule has 0 bridgehead atoms. The number of fused-ring (bicyclic) bond motifs is 1. The van der Waals surface area contributed by atoms with E-state index in [0.717, 1.165) is 24.0 Å². The zero-order valence-corrected chi connectivity index (χ0v) is 19.7. The smallest absolute Gasteiger partial charge is 0.407 e. The predicted octanol–water partition coefficient (Wildman–Crippen LogP) is 3.06. The lowest BCUT2D eigenvalue weighted by Gasteiger charge is -2.42. The van der Waals surface area contributed by atoms with Gasteiger partial charge in [-0.3, -0.25) is 14.6 Å². The van der Waals surface area contributed by atoms with E-state index in [4.69, 9.17) is 4.74 Å². The van der Waals surface area contributed by atoms with E-state index in [-0.39, 0.29) is 36.9 Å². The summed E-state index contributed by atoms with van der Waals surface area (Å²) in [6.45, 7) is 5.12. The number of amides is 3. The molecule has 1 aliphatic carbocycles. The molecule has 0 unspecified atom stereocenters. The number of likely N-dealkylation sites (tertiary alicyclic amines) is 1. The van der Waals surface area contributed by atoms with Crippen LogP contribution in [-0.2, 0) is 20.9 Å². The van der Waals surface area contributed by atoms with Crippen LogP contribution in [0.1, 0.15) is 43.9 Å². The Labute approximate surface area is 200 Å². The SMILES string of the molecule is C[C@H](CNC(=O)OCc1ccccc1)C(=O)N1C[C@H]2CC[C@]2(C(=O)N[C@@H](C)c2ccncc2)C1. The number of carbonyl (C=O) groups is 3. The molecule has 2 N–H and O–H groups in total. The van der Waals surface area contributed by atoms with E-state index in [1.807, 2.05) is 49.4 Å². The van der Waals surface area contributed by atoms with Crippen LogP contribution in [-0.4, -0.2) is 47.4 Å². The van der Waals surface area contributed by atoms with Gasteiger partial charge < -0.3 is 20.3 Å². The van der Waals surface area contributed by atoms with Crippen LogP contribution in [0.2, 0.25) is 0 Å². The van der Waals surface area contributed by atoms with Gasteiger partial charge in [0.1, 0.15) is 6.61 Å². The first-order valence-electron chi connectivity index (χ1n) is 11.8. The fraction of sp³-hybridized carbons (Fsp3) is 0.462. The lowest BCUT2D eigenvalue weighted by Crippen LogP contribution is -2.52. The van der Waals surface area contributed by atoms with Gasteiger partial charge in [-0.2, -0.15) is 0 Å². The number of nitrogens with zero attached hydrogens (tertiary/aromatic N) is 2. The van der Waals surface area contributed by atoms with Gasteiger partial charge in [0, 0.05) is 32.0 Å². The van der Waals surface area contributed by atoms with Crippen LogP contribution in [0.5, 0.6) is 0 Å². The van der Waals surface area contributed by atoms with Crippen molar-refractivity contribution in [3.63, 3.8) is 0 Å². The molecule has 8 nitrogen and oxygen atoms in total. The third kappa shape index (κ3) is 5.05. The Kier molecular flexibility index (Phi) is 7.14. The molecule has 3 amide bonds. The molecule has 2 aliphatic rings. The molecule has 2 aromatic rings. The molecule has 1 aromatic heterocycles. The summed E-state index contributed by atoms with van der Waals surface area (Å²) in [6.07, 6.45) is 4.61. The fourth-order valence-corrected chi connectivity index (χ4v) is 4.87. The highest BCUT2D eigenvalue weighted by molar-refractivity contribution is 5.87. The van der Waals surface area contributed by atoms with Crippen molar-refractivity contribution in [1.82, 2.24) is 20.5 Å². The average Bonchev–Trinajstić information content (AvgIpc) is 3.12. The molecule has 1 aliphatic heterocycles. The Bertz CT molecular complexity index is 1020. The first-order valence-corrected chi connectivity index (χ1v) is 11.8. The summed E-state index contributed by atoms with van der Waals surface area (Å²) >= 11 is 0. The van der Waals surface area contributed by atoms with E-state index in [1.165, 1.54) is 0 Å². The number of aromatic nitrogens is 1. The molecule has 8 heteroatoms. The van der Waals surface area contributed by atoms with E-state index in [1.54, 1.807) is 24.2 Å². The Morgan fingerprint density at radius 2 is 1.88 bits per heavy atom. The Morgan fingerprint density at radius 3 is 2.56 bits per heavy atom. The molecule has 4 rings (SSSR count). The molecular formula is C26H32N4O4. The number of carbonyl (C=O) groups excluding carboxylic acids is 3. The highest BCUT2D eigenvalue weighted by Gasteiger charge is 2.59. The van der Waals surface area contributed by atoms with Crippen molar-refractivity contribution < 1.29 is 19.1 Å². The largest absolute Gasteiger partial charge is 0.445 e. The molecule has 180 valence electrons. The van der Waals surface area contributed by atoms with Crippen molar-refractivity contribution in [2.75, 3.05) is 19.6 Å². The summed E-state index contributed by atoms with van der Waals surface area (Å²) in [5.74, 6) is -0.263. The lowest BCUT2D eigenvalue weighted by atomic mass is 9.61. The summed E-state index contributed by atoms with van der Waals surface area (Å²) in [4.78, 5) is 44.1. The van der Waals surface area contributed by atoms with Crippen LogP contribution < -0.4 is 10.6 Å². The van der Waals surface area contributed by atoms with Gasteiger partial charge in [0.05, 0.1) is 17.4 Å². The first kappa shape index (κ1) is 23.7. The Hall–Kier alpha value is -3.42. The van der Waals surface area contributed by atoms with E-state index >= 15 is 0 Å². The van der Waals surface area contributed by atoms with Crippen LogP contribution in [0.25, 0.3) is 0 Å². The van der Waals surface area contributed by atoms with Crippen LogP contribution >= 0.6 is 0 Å². The van der Waals surface area contributed by atoms with Crippen molar-refractivity contribution in [3.8, 4) is 0 Å². The van der Waals surface area contributed by atoms with Crippen molar-refractivity contribution in [1.29, 1.82) is 0 Å². The van der Waals surface area contributed by atoms with Gasteiger partial charge in [0.15, 0.2) is 0 Å². The minimum atomic E-state index is -0.550. The normalized spacial score (nSPS) is 22.6. The molecule has 1 saturated carbocycles. The van der Waals surface area contributed by atoms with Gasteiger partial charge >= 0.3 is 6.09 Å².